The SMILES string of the molecule is CC(C)CCC[C@@H](C)[C@H]1CC[C@H]2[C@@H]3CC=C4C[C@@H](OC(=O)NCCSSSCCOC(=O)Oc5ccc([N+](=O)[O-])cc5)CC[C@]4(C)[C@H]3CC[C@]12C. The number of hydrogen-bond acceptors (Lipinski definition) is 10. The molecule has 9 nitrogen and oxygen atoms in total. The van der Waals surface area contributed by atoms with Crippen molar-refractivity contribution in [1.82, 2.24) is 5.32 Å². The van der Waals surface area contributed by atoms with Gasteiger partial charge in [-0.25, -0.2) is 9.59 Å². The Labute approximate surface area is 316 Å². The van der Waals surface area contributed by atoms with E-state index in [0.717, 1.165) is 60.5 Å². The van der Waals surface area contributed by atoms with Crippen LogP contribution >= 0.6 is 31.4 Å². The van der Waals surface area contributed by atoms with E-state index in [1.807, 2.05) is 0 Å². The molecular formula is C39H58N2O7S3. The van der Waals surface area contributed by atoms with Gasteiger partial charge in [0.1, 0.15) is 18.5 Å². The largest absolute Gasteiger partial charge is 0.513 e. The number of nitrogens with zero attached hydrogens (tertiary/aromatic N) is 1. The van der Waals surface area contributed by atoms with E-state index in [1.165, 1.54) is 75.6 Å². The number of carbonyl (C=O) groups excluding carboxylic acids is 2. The lowest BCUT2D eigenvalue weighted by Gasteiger charge is -2.58. The highest BCUT2D eigenvalue weighted by molar-refractivity contribution is 9.09. The molecule has 0 saturated heterocycles. The second-order valence-electron chi connectivity index (χ2n) is 16.2. The van der Waals surface area contributed by atoms with E-state index in [2.05, 4.69) is 46.0 Å². The molecule has 4 aliphatic carbocycles. The minimum absolute atomic E-state index is 0.0537. The van der Waals surface area contributed by atoms with E-state index in [0.29, 0.717) is 17.7 Å². The molecule has 8 atom stereocenters. The van der Waals surface area contributed by atoms with Gasteiger partial charge in [0.15, 0.2) is 0 Å². The fourth-order valence-electron chi connectivity index (χ4n) is 10.2. The molecule has 5 rings (SSSR count). The number of allylic oxidation sites excluding steroid dienone is 1. The number of amides is 1. The Morgan fingerprint density at radius 2 is 1.76 bits per heavy atom. The first-order chi connectivity index (χ1) is 24.4. The highest BCUT2D eigenvalue weighted by Gasteiger charge is 2.59. The summed E-state index contributed by atoms with van der Waals surface area (Å²) in [5, 5.41) is 13.6. The summed E-state index contributed by atoms with van der Waals surface area (Å²) >= 11 is 0. The number of ether oxygens (including phenoxy) is 3. The molecule has 0 spiro atoms. The van der Waals surface area contributed by atoms with Gasteiger partial charge in [0.25, 0.3) is 5.69 Å². The maximum atomic E-state index is 12.7. The molecule has 1 aromatic carbocycles. The first-order valence-corrected chi connectivity index (χ1v) is 22.9. The van der Waals surface area contributed by atoms with Crippen LogP contribution in [0.2, 0.25) is 0 Å². The van der Waals surface area contributed by atoms with Crippen molar-refractivity contribution in [2.24, 2.45) is 46.3 Å². The number of benzene rings is 1. The molecule has 0 radical (unpaired) electrons. The lowest BCUT2D eigenvalue weighted by molar-refractivity contribution is -0.384. The van der Waals surface area contributed by atoms with E-state index >= 15 is 0 Å². The lowest BCUT2D eigenvalue weighted by atomic mass is 9.47. The van der Waals surface area contributed by atoms with Gasteiger partial charge < -0.3 is 19.5 Å². The van der Waals surface area contributed by atoms with E-state index in [4.69, 9.17) is 14.2 Å². The van der Waals surface area contributed by atoms with Crippen LogP contribution in [0.3, 0.4) is 0 Å². The normalized spacial score (nSPS) is 30.3. The molecule has 51 heavy (non-hydrogen) atoms. The smallest absolute Gasteiger partial charge is 0.446 e. The summed E-state index contributed by atoms with van der Waals surface area (Å²) < 4.78 is 16.0. The number of alkyl carbamates (subject to hydrolysis) is 1. The molecule has 0 aromatic heterocycles. The van der Waals surface area contributed by atoms with Crippen LogP contribution < -0.4 is 10.1 Å². The second-order valence-corrected chi connectivity index (χ2v) is 20.6. The van der Waals surface area contributed by atoms with Gasteiger partial charge in [0, 0.05) is 36.6 Å². The van der Waals surface area contributed by atoms with Gasteiger partial charge in [-0.2, -0.15) is 0 Å². The Kier molecular flexibility index (Phi) is 14.4. The zero-order chi connectivity index (χ0) is 36.6. The van der Waals surface area contributed by atoms with Gasteiger partial charge in [-0.15, -0.1) is 0 Å². The first-order valence-electron chi connectivity index (χ1n) is 19.0. The molecule has 284 valence electrons. The third-order valence-corrected chi connectivity index (χ3v) is 16.9. The Bertz CT molecular complexity index is 1380. The van der Waals surface area contributed by atoms with Crippen LogP contribution in [0.25, 0.3) is 0 Å². The average molecular weight is 763 g/mol. The number of carbonyl (C=O) groups is 2. The van der Waals surface area contributed by atoms with Crippen LogP contribution in [0.1, 0.15) is 105 Å². The van der Waals surface area contributed by atoms with Gasteiger partial charge in [0.05, 0.1) is 4.92 Å². The predicted octanol–water partition coefficient (Wildman–Crippen LogP) is 11.3. The Morgan fingerprint density at radius 3 is 2.51 bits per heavy atom. The minimum Gasteiger partial charge on any atom is -0.446 e. The standard InChI is InChI=1S/C39H58N2O7S3/c1-26(2)7-6-8-27(3)33-15-16-34-32-14-9-28-25-31(17-19-38(28,4)35(32)18-20-39(33,34)5)47-36(42)40-21-23-49-51-50-24-22-46-37(43)48-30-12-10-29(11-13-30)41(44)45/h9-13,26-27,31-35H,6-8,14-25H2,1-5H3,(H,40,42)/t27-,31+,32+,33-,34+,35+,38+,39-/m1/s1. The number of fused-ring (bicyclic) bond motifs is 5. The number of rotatable bonds is 16. The lowest BCUT2D eigenvalue weighted by Crippen LogP contribution is -2.51. The summed E-state index contributed by atoms with van der Waals surface area (Å²) in [6.45, 7) is 13.1. The number of nitrogens with one attached hydrogen (secondary N) is 1. The molecular weight excluding hydrogens is 705 g/mol. The summed E-state index contributed by atoms with van der Waals surface area (Å²) in [5.41, 5.74) is 2.20. The summed E-state index contributed by atoms with van der Waals surface area (Å²) in [6.07, 6.45) is 15.1. The van der Waals surface area contributed by atoms with Gasteiger partial charge >= 0.3 is 12.2 Å². The topological polar surface area (TPSA) is 117 Å². The summed E-state index contributed by atoms with van der Waals surface area (Å²) in [7, 11) is 4.73. The summed E-state index contributed by atoms with van der Waals surface area (Å²) in [4.78, 5) is 34.7. The molecule has 0 bridgehead atoms. The van der Waals surface area contributed by atoms with Crippen LogP contribution in [0.15, 0.2) is 35.9 Å². The van der Waals surface area contributed by atoms with Crippen molar-refractivity contribution in [2.45, 2.75) is 111 Å². The molecule has 0 aliphatic heterocycles. The van der Waals surface area contributed by atoms with Crippen molar-refractivity contribution in [1.29, 1.82) is 0 Å². The second kappa shape index (κ2) is 18.3. The van der Waals surface area contributed by atoms with Crippen LogP contribution in [-0.2, 0) is 9.47 Å². The van der Waals surface area contributed by atoms with Gasteiger partial charge in [-0.1, -0.05) is 87.1 Å². The average Bonchev–Trinajstić information content (AvgIpc) is 3.45. The Hall–Kier alpha value is -2.05. The monoisotopic (exact) mass is 762 g/mol. The number of hydrogen-bond donors (Lipinski definition) is 1. The Morgan fingerprint density at radius 1 is 1.00 bits per heavy atom. The maximum absolute atomic E-state index is 12.7. The molecule has 1 aromatic rings. The van der Waals surface area contributed by atoms with Crippen molar-refractivity contribution in [3.05, 3.63) is 46.0 Å². The summed E-state index contributed by atoms with van der Waals surface area (Å²) in [6, 6.07) is 5.22. The van der Waals surface area contributed by atoms with Crippen LogP contribution in [-0.4, -0.2) is 47.9 Å². The minimum atomic E-state index is -0.854. The van der Waals surface area contributed by atoms with Gasteiger partial charge in [-0.3, -0.25) is 10.1 Å². The van der Waals surface area contributed by atoms with Crippen molar-refractivity contribution in [2.75, 3.05) is 24.7 Å². The van der Waals surface area contributed by atoms with Crippen LogP contribution in [0.5, 0.6) is 5.75 Å². The van der Waals surface area contributed by atoms with Crippen molar-refractivity contribution >= 4 is 49.3 Å². The molecule has 1 amide bonds. The number of nitro groups is 1. The predicted molar refractivity (Wildman–Crippen MR) is 209 cm³/mol. The van der Waals surface area contributed by atoms with Gasteiger partial charge in [0.2, 0.25) is 0 Å². The number of non-ortho nitro benzene ring substituents is 1. The van der Waals surface area contributed by atoms with Crippen molar-refractivity contribution in [3.8, 4) is 5.75 Å². The van der Waals surface area contributed by atoms with Crippen LogP contribution in [0.4, 0.5) is 15.3 Å². The maximum Gasteiger partial charge on any atom is 0.513 e. The third-order valence-electron chi connectivity index (χ3n) is 12.7. The summed E-state index contributed by atoms with van der Waals surface area (Å²) in [5.74, 6) is 6.41. The molecule has 3 fully saturated rings. The number of nitro benzene ring substituents is 1. The third kappa shape index (κ3) is 10.1. The van der Waals surface area contributed by atoms with E-state index in [-0.39, 0.29) is 35.7 Å². The molecule has 4 aliphatic rings. The molecule has 12 heteroatoms. The zero-order valence-corrected chi connectivity index (χ0v) is 33.5. The fraction of sp³-hybridized carbons (Fsp3) is 0.744. The van der Waals surface area contributed by atoms with E-state index in [9.17, 15) is 19.7 Å². The van der Waals surface area contributed by atoms with Crippen molar-refractivity contribution in [3.63, 3.8) is 0 Å². The van der Waals surface area contributed by atoms with Crippen LogP contribution in [0, 0.1) is 56.5 Å². The zero-order valence-electron chi connectivity index (χ0n) is 31.1. The molecule has 1 N–H and O–H groups in total. The van der Waals surface area contributed by atoms with Gasteiger partial charge in [-0.05, 0) is 113 Å². The highest BCUT2D eigenvalue weighted by Crippen LogP contribution is 2.67. The Balaban J connectivity index is 0.956. The molecule has 0 unspecified atom stereocenters. The highest BCUT2D eigenvalue weighted by atomic mass is 33.5. The molecule has 3 saturated carbocycles. The van der Waals surface area contributed by atoms with E-state index < -0.39 is 11.1 Å². The van der Waals surface area contributed by atoms with Crippen molar-refractivity contribution < 1.29 is 28.7 Å². The van der Waals surface area contributed by atoms with E-state index in [1.54, 1.807) is 37.0 Å². The quantitative estimate of drug-likeness (QED) is 0.0332. The molecule has 0 heterocycles. The fourth-order valence-corrected chi connectivity index (χ4v) is 13.6. The first kappa shape index (κ1) is 40.1.